The Kier molecular flexibility index (Phi) is 2.92. The summed E-state index contributed by atoms with van der Waals surface area (Å²) in [4.78, 5) is 0. The van der Waals surface area contributed by atoms with Crippen molar-refractivity contribution in [2.45, 2.75) is 46.1 Å². The Morgan fingerprint density at radius 3 is 2.33 bits per heavy atom. The molecule has 0 aromatic heterocycles. The predicted octanol–water partition coefficient (Wildman–Crippen LogP) is 4.92. The monoisotopic (exact) mass is 355 g/mol. The van der Waals surface area contributed by atoms with E-state index >= 15 is 0 Å². The molecule has 3 rings (SSSR count). The number of hydrogen-bond donors (Lipinski definition) is 1. The maximum Gasteiger partial charge on any atom is 0.0343 e. The van der Waals surface area contributed by atoms with Crippen LogP contribution in [0.1, 0.15) is 40.0 Å². The van der Waals surface area contributed by atoms with E-state index in [4.69, 9.17) is 0 Å². The number of hydrogen-bond acceptors (Lipinski definition) is 1. The van der Waals surface area contributed by atoms with Crippen molar-refractivity contribution >= 4 is 28.3 Å². The van der Waals surface area contributed by atoms with Crippen molar-refractivity contribution in [2.75, 3.05) is 5.32 Å². The summed E-state index contributed by atoms with van der Waals surface area (Å²) in [6.45, 7) is 7.44. The lowest BCUT2D eigenvalue weighted by Gasteiger charge is -2.40. The van der Waals surface area contributed by atoms with E-state index in [-0.39, 0.29) is 0 Å². The third kappa shape index (κ3) is 1.71. The molecule has 3 unspecified atom stereocenters. The van der Waals surface area contributed by atoms with E-state index in [1.165, 1.54) is 28.5 Å². The third-order valence-electron chi connectivity index (χ3n) is 5.98. The highest BCUT2D eigenvalue weighted by Gasteiger charge is 2.61. The zero-order valence-electron chi connectivity index (χ0n) is 11.5. The summed E-state index contributed by atoms with van der Waals surface area (Å²) < 4.78 is 1.30. The normalized spacial score (nSPS) is 36.9. The average Bonchev–Trinajstić information content (AvgIpc) is 2.65. The van der Waals surface area contributed by atoms with Gasteiger partial charge in [-0.2, -0.15) is 0 Å². The van der Waals surface area contributed by atoms with Gasteiger partial charge < -0.3 is 5.32 Å². The Hall–Kier alpha value is -0.250. The van der Waals surface area contributed by atoms with Crippen LogP contribution in [0.4, 0.5) is 5.69 Å². The Labute approximate surface area is 124 Å². The molecular formula is C16H22IN. The quantitative estimate of drug-likeness (QED) is 0.743. The minimum atomic E-state index is 0.459. The van der Waals surface area contributed by atoms with E-state index in [0.717, 1.165) is 5.92 Å². The molecule has 2 heteroatoms. The molecule has 0 spiro atoms. The van der Waals surface area contributed by atoms with Crippen molar-refractivity contribution in [1.82, 2.24) is 0 Å². The van der Waals surface area contributed by atoms with Crippen LogP contribution in [0.5, 0.6) is 0 Å². The first-order valence-electron chi connectivity index (χ1n) is 6.95. The second kappa shape index (κ2) is 4.12. The highest BCUT2D eigenvalue weighted by Crippen LogP contribution is 2.65. The van der Waals surface area contributed by atoms with Crippen molar-refractivity contribution in [1.29, 1.82) is 0 Å². The molecule has 98 valence electrons. The van der Waals surface area contributed by atoms with Crippen LogP contribution in [0.3, 0.4) is 0 Å². The van der Waals surface area contributed by atoms with Crippen LogP contribution >= 0.6 is 22.6 Å². The summed E-state index contributed by atoms with van der Waals surface area (Å²) in [5.41, 5.74) is 2.24. The van der Waals surface area contributed by atoms with Crippen LogP contribution in [0, 0.1) is 20.3 Å². The third-order valence-corrected chi connectivity index (χ3v) is 6.70. The molecule has 0 saturated heterocycles. The van der Waals surface area contributed by atoms with Crippen LogP contribution in [-0.4, -0.2) is 6.04 Å². The molecule has 1 nitrogen and oxygen atoms in total. The molecule has 0 amide bonds. The van der Waals surface area contributed by atoms with Gasteiger partial charge in [-0.1, -0.05) is 20.8 Å². The molecule has 2 aliphatic rings. The lowest BCUT2D eigenvalue weighted by Crippen LogP contribution is -2.40. The second-order valence-electron chi connectivity index (χ2n) is 6.81. The van der Waals surface area contributed by atoms with E-state index in [2.05, 4.69) is 72.9 Å². The number of fused-ring (bicyclic) bond motifs is 2. The van der Waals surface area contributed by atoms with Gasteiger partial charge in [-0.15, -0.1) is 0 Å². The molecule has 1 aromatic rings. The lowest BCUT2D eigenvalue weighted by atomic mass is 9.69. The van der Waals surface area contributed by atoms with Crippen LogP contribution in [0.15, 0.2) is 24.3 Å². The van der Waals surface area contributed by atoms with E-state index in [9.17, 15) is 0 Å². The molecule has 2 bridgehead atoms. The molecule has 2 aliphatic carbocycles. The highest BCUT2D eigenvalue weighted by molar-refractivity contribution is 14.1. The van der Waals surface area contributed by atoms with Gasteiger partial charge in [0, 0.05) is 15.3 Å². The zero-order valence-corrected chi connectivity index (χ0v) is 13.6. The van der Waals surface area contributed by atoms with E-state index < -0.39 is 0 Å². The first kappa shape index (κ1) is 12.8. The Bertz CT molecular complexity index is 451. The largest absolute Gasteiger partial charge is 0.382 e. The number of halogens is 1. The fourth-order valence-electron chi connectivity index (χ4n) is 4.17. The van der Waals surface area contributed by atoms with E-state index in [1.54, 1.807) is 0 Å². The molecule has 1 aromatic carbocycles. The highest BCUT2D eigenvalue weighted by atomic mass is 127. The van der Waals surface area contributed by atoms with Crippen molar-refractivity contribution in [3.8, 4) is 0 Å². The fraction of sp³-hybridized carbons (Fsp3) is 0.625. The van der Waals surface area contributed by atoms with Crippen molar-refractivity contribution in [3.63, 3.8) is 0 Å². The summed E-state index contributed by atoms with van der Waals surface area (Å²) in [6.07, 6.45) is 4.15. The van der Waals surface area contributed by atoms with Gasteiger partial charge in [0.2, 0.25) is 0 Å². The van der Waals surface area contributed by atoms with E-state index in [1.807, 2.05) is 0 Å². The summed E-state index contributed by atoms with van der Waals surface area (Å²) >= 11 is 2.36. The van der Waals surface area contributed by atoms with Crippen LogP contribution in [0.25, 0.3) is 0 Å². The van der Waals surface area contributed by atoms with Crippen molar-refractivity contribution in [3.05, 3.63) is 27.8 Å². The molecule has 18 heavy (non-hydrogen) atoms. The van der Waals surface area contributed by atoms with E-state index in [0.29, 0.717) is 16.9 Å². The van der Waals surface area contributed by atoms with Gasteiger partial charge in [-0.25, -0.2) is 0 Å². The number of benzene rings is 1. The van der Waals surface area contributed by atoms with Gasteiger partial charge in [-0.3, -0.25) is 0 Å². The Morgan fingerprint density at radius 2 is 1.83 bits per heavy atom. The molecule has 0 heterocycles. The summed E-state index contributed by atoms with van der Waals surface area (Å²) in [7, 11) is 0. The second-order valence-corrected chi connectivity index (χ2v) is 8.06. The van der Waals surface area contributed by atoms with Gasteiger partial charge in [0.05, 0.1) is 0 Å². The maximum absolute atomic E-state index is 3.79. The molecule has 2 fully saturated rings. The Morgan fingerprint density at radius 1 is 1.17 bits per heavy atom. The maximum atomic E-state index is 3.79. The number of anilines is 1. The number of rotatable bonds is 2. The van der Waals surface area contributed by atoms with Gasteiger partial charge in [0.1, 0.15) is 0 Å². The van der Waals surface area contributed by atoms with Gasteiger partial charge in [0.25, 0.3) is 0 Å². The number of nitrogens with one attached hydrogen (secondary N) is 1. The smallest absolute Gasteiger partial charge is 0.0343 e. The molecule has 2 saturated carbocycles. The molecule has 0 radical (unpaired) electrons. The van der Waals surface area contributed by atoms with Crippen LogP contribution in [-0.2, 0) is 0 Å². The first-order chi connectivity index (χ1) is 8.43. The minimum Gasteiger partial charge on any atom is -0.382 e. The Balaban J connectivity index is 1.81. The standard InChI is InChI=1S/C16H22IN/c1-15(2)11-8-9-16(15,3)14(10-11)18-13-6-4-12(17)5-7-13/h4-7,11,14,18H,8-10H2,1-3H3. The average molecular weight is 355 g/mol. The predicted molar refractivity (Wildman–Crippen MR) is 85.8 cm³/mol. The zero-order chi connectivity index (χ0) is 13.0. The molecular weight excluding hydrogens is 333 g/mol. The first-order valence-corrected chi connectivity index (χ1v) is 8.03. The lowest BCUT2D eigenvalue weighted by molar-refractivity contribution is 0.142. The van der Waals surface area contributed by atoms with Crippen LogP contribution < -0.4 is 5.32 Å². The van der Waals surface area contributed by atoms with Gasteiger partial charge in [0.15, 0.2) is 0 Å². The summed E-state index contributed by atoms with van der Waals surface area (Å²) in [6, 6.07) is 9.44. The molecule has 3 atom stereocenters. The SMILES string of the molecule is CC1(C)C2CCC1(C)C(Nc1ccc(I)cc1)C2. The van der Waals surface area contributed by atoms with Crippen molar-refractivity contribution < 1.29 is 0 Å². The molecule has 1 N–H and O–H groups in total. The fourth-order valence-corrected chi connectivity index (χ4v) is 4.53. The summed E-state index contributed by atoms with van der Waals surface area (Å²) in [5.74, 6) is 0.906. The van der Waals surface area contributed by atoms with Gasteiger partial charge in [-0.05, 0) is 82.9 Å². The van der Waals surface area contributed by atoms with Crippen molar-refractivity contribution in [2.24, 2.45) is 16.7 Å². The summed E-state index contributed by atoms with van der Waals surface area (Å²) in [5, 5.41) is 3.79. The molecule has 0 aliphatic heterocycles. The minimum absolute atomic E-state index is 0.459. The van der Waals surface area contributed by atoms with Gasteiger partial charge >= 0.3 is 0 Å². The topological polar surface area (TPSA) is 12.0 Å². The van der Waals surface area contributed by atoms with Crippen LogP contribution in [0.2, 0.25) is 0 Å².